The van der Waals surface area contributed by atoms with E-state index < -0.39 is 0 Å². The molecule has 0 amide bonds. The largest absolute Gasteiger partial charge is 0.309 e. The normalized spacial score (nSPS) is 22.7. The van der Waals surface area contributed by atoms with Gasteiger partial charge in [0.2, 0.25) is 0 Å². The summed E-state index contributed by atoms with van der Waals surface area (Å²) in [4.78, 5) is 2.44. The summed E-state index contributed by atoms with van der Waals surface area (Å²) in [5, 5.41) is 4.26. The Morgan fingerprint density at radius 3 is 2.81 bits per heavy atom. The molecule has 0 spiro atoms. The maximum Gasteiger partial charge on any atom is 0.123 e. The van der Waals surface area contributed by atoms with Gasteiger partial charge in [0.15, 0.2) is 0 Å². The molecule has 1 aliphatic rings. The van der Waals surface area contributed by atoms with Crippen molar-refractivity contribution in [2.24, 2.45) is 5.92 Å². The number of nitrogens with one attached hydrogen (secondary N) is 1. The van der Waals surface area contributed by atoms with Crippen molar-refractivity contribution in [3.05, 3.63) is 34.6 Å². The van der Waals surface area contributed by atoms with E-state index in [4.69, 9.17) is 11.6 Å². The number of benzene rings is 1. The maximum absolute atomic E-state index is 13.5. The fraction of sp³-hybridized carbons (Fsp3) is 0.647. The molecule has 4 heteroatoms. The highest BCUT2D eigenvalue weighted by Gasteiger charge is 2.32. The number of rotatable bonds is 4. The van der Waals surface area contributed by atoms with E-state index in [0.717, 1.165) is 25.1 Å². The van der Waals surface area contributed by atoms with Gasteiger partial charge in [-0.15, -0.1) is 0 Å². The van der Waals surface area contributed by atoms with E-state index in [9.17, 15) is 4.39 Å². The molecule has 1 unspecified atom stereocenters. The van der Waals surface area contributed by atoms with Crippen LogP contribution >= 0.6 is 11.6 Å². The molecule has 21 heavy (non-hydrogen) atoms. The molecule has 1 saturated heterocycles. The van der Waals surface area contributed by atoms with Gasteiger partial charge >= 0.3 is 0 Å². The fourth-order valence-electron chi connectivity index (χ4n) is 3.06. The smallest absolute Gasteiger partial charge is 0.123 e. The Morgan fingerprint density at radius 1 is 1.43 bits per heavy atom. The van der Waals surface area contributed by atoms with E-state index >= 15 is 0 Å². The van der Waals surface area contributed by atoms with Crippen LogP contribution in [0, 0.1) is 11.7 Å². The Morgan fingerprint density at radius 2 is 2.14 bits per heavy atom. The summed E-state index contributed by atoms with van der Waals surface area (Å²) >= 11 is 6.23. The van der Waals surface area contributed by atoms with Crippen LogP contribution in [0.25, 0.3) is 0 Å². The van der Waals surface area contributed by atoms with E-state index in [1.165, 1.54) is 6.07 Å². The SMILES string of the molecule is CC(C)CC1CNC(C)(C)CN1Cc1cc(F)ccc1Cl. The summed E-state index contributed by atoms with van der Waals surface area (Å²) in [5.41, 5.74) is 0.955. The zero-order valence-corrected chi connectivity index (χ0v) is 14.2. The van der Waals surface area contributed by atoms with Gasteiger partial charge in [-0.1, -0.05) is 25.4 Å². The average molecular weight is 313 g/mol. The molecule has 0 aromatic heterocycles. The first kappa shape index (κ1) is 16.7. The molecular weight excluding hydrogens is 287 g/mol. The summed E-state index contributed by atoms with van der Waals surface area (Å²) in [7, 11) is 0. The second-order valence-corrected chi connectivity index (χ2v) is 7.60. The summed E-state index contributed by atoms with van der Waals surface area (Å²) < 4.78 is 13.5. The minimum Gasteiger partial charge on any atom is -0.309 e. The lowest BCUT2D eigenvalue weighted by Crippen LogP contribution is -2.61. The second-order valence-electron chi connectivity index (χ2n) is 7.19. The van der Waals surface area contributed by atoms with Gasteiger partial charge in [0, 0.05) is 36.2 Å². The number of halogens is 2. The van der Waals surface area contributed by atoms with E-state index in [1.54, 1.807) is 12.1 Å². The molecule has 2 nitrogen and oxygen atoms in total. The van der Waals surface area contributed by atoms with Crippen molar-refractivity contribution < 1.29 is 4.39 Å². The molecule has 0 aliphatic carbocycles. The highest BCUT2D eigenvalue weighted by atomic mass is 35.5. The summed E-state index contributed by atoms with van der Waals surface area (Å²) in [6, 6.07) is 5.09. The number of hydrogen-bond acceptors (Lipinski definition) is 2. The van der Waals surface area contributed by atoms with Crippen LogP contribution in [0.4, 0.5) is 4.39 Å². The van der Waals surface area contributed by atoms with Crippen molar-refractivity contribution in [1.29, 1.82) is 0 Å². The molecule has 0 bridgehead atoms. The molecule has 1 atom stereocenters. The molecule has 118 valence electrons. The van der Waals surface area contributed by atoms with Crippen LogP contribution in [-0.4, -0.2) is 29.6 Å². The lowest BCUT2D eigenvalue weighted by atomic mass is 9.93. The molecule has 1 fully saturated rings. The zero-order chi connectivity index (χ0) is 15.6. The van der Waals surface area contributed by atoms with Crippen molar-refractivity contribution >= 4 is 11.6 Å². The molecule has 1 aliphatic heterocycles. The van der Waals surface area contributed by atoms with E-state index in [-0.39, 0.29) is 11.4 Å². The summed E-state index contributed by atoms with van der Waals surface area (Å²) in [6.45, 7) is 11.5. The van der Waals surface area contributed by atoms with Crippen LogP contribution in [0.1, 0.15) is 39.7 Å². The Kier molecular flexibility index (Phi) is 5.29. The highest BCUT2D eigenvalue weighted by molar-refractivity contribution is 6.31. The van der Waals surface area contributed by atoms with Gasteiger partial charge in [-0.05, 0) is 49.9 Å². The molecule has 1 aromatic rings. The zero-order valence-electron chi connectivity index (χ0n) is 13.4. The van der Waals surface area contributed by atoms with Crippen LogP contribution in [0.15, 0.2) is 18.2 Å². The number of nitrogens with zero attached hydrogens (tertiary/aromatic N) is 1. The second kappa shape index (κ2) is 6.64. The molecule has 2 rings (SSSR count). The molecule has 0 radical (unpaired) electrons. The van der Waals surface area contributed by atoms with Gasteiger partial charge in [0.1, 0.15) is 5.82 Å². The third kappa shape index (κ3) is 4.67. The first-order chi connectivity index (χ1) is 9.77. The van der Waals surface area contributed by atoms with Crippen molar-refractivity contribution in [3.63, 3.8) is 0 Å². The quantitative estimate of drug-likeness (QED) is 0.901. The molecule has 0 saturated carbocycles. The highest BCUT2D eigenvalue weighted by Crippen LogP contribution is 2.25. The summed E-state index contributed by atoms with van der Waals surface area (Å²) in [6.07, 6.45) is 1.13. The lowest BCUT2D eigenvalue weighted by molar-refractivity contribution is 0.0759. The molecular formula is C17H26ClFN2. The minimum absolute atomic E-state index is 0.0767. The predicted molar refractivity (Wildman–Crippen MR) is 87.1 cm³/mol. The number of hydrogen-bond donors (Lipinski definition) is 1. The Balaban J connectivity index is 2.17. The molecule has 1 aromatic carbocycles. The Bertz CT molecular complexity index is 488. The average Bonchev–Trinajstić information content (AvgIpc) is 2.36. The van der Waals surface area contributed by atoms with Crippen LogP contribution in [0.5, 0.6) is 0 Å². The van der Waals surface area contributed by atoms with Crippen molar-refractivity contribution in [1.82, 2.24) is 10.2 Å². The van der Waals surface area contributed by atoms with Crippen LogP contribution in [0.3, 0.4) is 0 Å². The van der Waals surface area contributed by atoms with Gasteiger partial charge in [-0.25, -0.2) is 4.39 Å². The fourth-order valence-corrected chi connectivity index (χ4v) is 3.24. The van der Waals surface area contributed by atoms with Gasteiger partial charge in [-0.3, -0.25) is 4.90 Å². The van der Waals surface area contributed by atoms with Gasteiger partial charge in [-0.2, -0.15) is 0 Å². The van der Waals surface area contributed by atoms with Gasteiger partial charge < -0.3 is 5.32 Å². The van der Waals surface area contributed by atoms with E-state index in [1.807, 2.05) is 0 Å². The topological polar surface area (TPSA) is 15.3 Å². The Hall–Kier alpha value is -0.640. The van der Waals surface area contributed by atoms with Crippen molar-refractivity contribution in [2.45, 2.75) is 52.2 Å². The van der Waals surface area contributed by atoms with Crippen LogP contribution in [0.2, 0.25) is 5.02 Å². The number of piperazine rings is 1. The first-order valence-electron chi connectivity index (χ1n) is 7.70. The Labute approximate surface area is 132 Å². The van der Waals surface area contributed by atoms with Crippen LogP contribution in [-0.2, 0) is 6.54 Å². The van der Waals surface area contributed by atoms with E-state index in [0.29, 0.717) is 23.5 Å². The third-order valence-electron chi connectivity index (χ3n) is 4.06. The standard InChI is InChI=1S/C17H26ClFN2/c1-12(2)7-15-9-20-17(3,4)11-21(15)10-13-8-14(19)5-6-16(13)18/h5-6,8,12,15,20H,7,9-11H2,1-4H3. The van der Waals surface area contributed by atoms with Crippen molar-refractivity contribution in [2.75, 3.05) is 13.1 Å². The maximum atomic E-state index is 13.5. The first-order valence-corrected chi connectivity index (χ1v) is 8.07. The minimum atomic E-state index is -0.218. The van der Waals surface area contributed by atoms with Crippen LogP contribution < -0.4 is 5.32 Å². The molecule has 1 heterocycles. The summed E-state index contributed by atoms with van der Waals surface area (Å²) in [5.74, 6) is 0.424. The van der Waals surface area contributed by atoms with Gasteiger partial charge in [0.25, 0.3) is 0 Å². The third-order valence-corrected chi connectivity index (χ3v) is 4.42. The van der Waals surface area contributed by atoms with Gasteiger partial charge in [0.05, 0.1) is 0 Å². The monoisotopic (exact) mass is 312 g/mol. The predicted octanol–water partition coefficient (Wildman–Crippen LogP) is 4.08. The van der Waals surface area contributed by atoms with Crippen molar-refractivity contribution in [3.8, 4) is 0 Å². The van der Waals surface area contributed by atoms with E-state index in [2.05, 4.69) is 37.9 Å². The molecule has 1 N–H and O–H groups in total. The lowest BCUT2D eigenvalue weighted by Gasteiger charge is -2.45.